The first kappa shape index (κ1) is 19.3. The molecule has 1 aromatic carbocycles. The van der Waals surface area contributed by atoms with E-state index in [1.807, 2.05) is 30.3 Å². The topological polar surface area (TPSA) is 78.2 Å². The zero-order valence-electron chi connectivity index (χ0n) is 16.3. The lowest BCUT2D eigenvalue weighted by atomic mass is 10.1. The number of ether oxygens (including phenoxy) is 1. The van der Waals surface area contributed by atoms with Gasteiger partial charge in [0.15, 0.2) is 5.82 Å². The van der Waals surface area contributed by atoms with E-state index in [2.05, 4.69) is 25.2 Å². The van der Waals surface area contributed by atoms with Gasteiger partial charge in [-0.3, -0.25) is 4.90 Å². The monoisotopic (exact) mass is 406 g/mol. The molecule has 2 aromatic heterocycles. The summed E-state index contributed by atoms with van der Waals surface area (Å²) in [5, 5.41) is 10.0. The molecule has 0 aliphatic carbocycles. The molecule has 4 rings (SSSR count). The van der Waals surface area contributed by atoms with Crippen LogP contribution in [0.5, 0.6) is 5.88 Å². The number of nitriles is 1. The van der Waals surface area contributed by atoms with Gasteiger partial charge in [0.05, 0.1) is 18.7 Å². The van der Waals surface area contributed by atoms with E-state index < -0.39 is 0 Å². The van der Waals surface area contributed by atoms with Crippen molar-refractivity contribution in [2.45, 2.75) is 6.42 Å². The predicted molar refractivity (Wildman–Crippen MR) is 113 cm³/mol. The molecule has 0 amide bonds. The minimum Gasteiger partial charge on any atom is -0.481 e. The van der Waals surface area contributed by atoms with Crippen molar-refractivity contribution in [3.05, 3.63) is 53.7 Å². The minimum absolute atomic E-state index is 0.624. The predicted octanol–water partition coefficient (Wildman–Crippen LogP) is 2.85. The summed E-state index contributed by atoms with van der Waals surface area (Å²) < 4.78 is 9.69. The number of rotatable bonds is 6. The van der Waals surface area contributed by atoms with Gasteiger partial charge in [0, 0.05) is 62.1 Å². The molecule has 3 aromatic rings. The molecule has 0 spiro atoms. The lowest BCUT2D eigenvalue weighted by Gasteiger charge is -2.34. The Morgan fingerprint density at radius 1 is 1.17 bits per heavy atom. The molecule has 3 heterocycles. The SMILES string of the molecule is COc1cc(CCN2CCN(c3nc(-c4cccc(C#N)c4)ns3)CC2)ccn1. The summed E-state index contributed by atoms with van der Waals surface area (Å²) in [6.45, 7) is 4.89. The maximum absolute atomic E-state index is 9.08. The normalized spacial score (nSPS) is 14.6. The molecule has 1 aliphatic heterocycles. The standard InChI is InChI=1S/C21H22N6OS/c1-28-19-14-16(5-7-23-19)6-8-26-9-11-27(12-10-26)21-24-20(25-29-21)18-4-2-3-17(13-18)15-22/h2-5,7,13-14H,6,8-12H2,1H3. The molecule has 0 unspecified atom stereocenters. The Hall–Kier alpha value is -3.02. The Morgan fingerprint density at radius 3 is 2.83 bits per heavy atom. The van der Waals surface area contributed by atoms with Crippen LogP contribution in [0.2, 0.25) is 0 Å². The zero-order chi connectivity index (χ0) is 20.1. The molecule has 148 valence electrons. The van der Waals surface area contributed by atoms with Crippen molar-refractivity contribution in [3.63, 3.8) is 0 Å². The van der Waals surface area contributed by atoms with E-state index in [0.717, 1.165) is 49.8 Å². The van der Waals surface area contributed by atoms with E-state index in [0.29, 0.717) is 17.3 Å². The van der Waals surface area contributed by atoms with E-state index >= 15 is 0 Å². The van der Waals surface area contributed by atoms with Crippen LogP contribution in [0.1, 0.15) is 11.1 Å². The van der Waals surface area contributed by atoms with Crippen LogP contribution in [0.15, 0.2) is 42.6 Å². The van der Waals surface area contributed by atoms with E-state index in [-0.39, 0.29) is 0 Å². The highest BCUT2D eigenvalue weighted by atomic mass is 32.1. The van der Waals surface area contributed by atoms with Gasteiger partial charge in [0.1, 0.15) is 0 Å². The number of hydrogen-bond donors (Lipinski definition) is 0. The Kier molecular flexibility index (Phi) is 5.98. The summed E-state index contributed by atoms with van der Waals surface area (Å²) >= 11 is 1.42. The summed E-state index contributed by atoms with van der Waals surface area (Å²) in [4.78, 5) is 13.6. The highest BCUT2D eigenvalue weighted by Crippen LogP contribution is 2.25. The van der Waals surface area contributed by atoms with Crippen molar-refractivity contribution < 1.29 is 4.74 Å². The van der Waals surface area contributed by atoms with E-state index in [1.54, 1.807) is 19.4 Å². The molecule has 0 radical (unpaired) electrons. The third-order valence-corrected chi connectivity index (χ3v) is 5.81. The van der Waals surface area contributed by atoms with Crippen LogP contribution in [-0.4, -0.2) is 59.1 Å². The summed E-state index contributed by atoms with van der Waals surface area (Å²) in [6.07, 6.45) is 2.78. The Morgan fingerprint density at radius 2 is 2.03 bits per heavy atom. The molecular formula is C21H22N6OS. The van der Waals surface area contributed by atoms with Crippen LogP contribution in [0.25, 0.3) is 11.4 Å². The van der Waals surface area contributed by atoms with Crippen molar-refractivity contribution in [2.75, 3.05) is 44.7 Å². The van der Waals surface area contributed by atoms with Crippen LogP contribution >= 0.6 is 11.5 Å². The van der Waals surface area contributed by atoms with Gasteiger partial charge in [-0.05, 0) is 30.2 Å². The fourth-order valence-electron chi connectivity index (χ4n) is 3.36. The summed E-state index contributed by atoms with van der Waals surface area (Å²) in [7, 11) is 1.64. The summed E-state index contributed by atoms with van der Waals surface area (Å²) in [5.74, 6) is 1.36. The number of pyridine rings is 1. The van der Waals surface area contributed by atoms with Gasteiger partial charge in [0.25, 0.3) is 0 Å². The van der Waals surface area contributed by atoms with E-state index in [1.165, 1.54) is 17.1 Å². The second kappa shape index (κ2) is 8.99. The smallest absolute Gasteiger partial charge is 0.213 e. The number of benzene rings is 1. The fraction of sp³-hybridized carbons (Fsp3) is 0.333. The van der Waals surface area contributed by atoms with Crippen molar-refractivity contribution >= 4 is 16.7 Å². The van der Waals surface area contributed by atoms with Gasteiger partial charge < -0.3 is 9.64 Å². The number of aromatic nitrogens is 3. The largest absolute Gasteiger partial charge is 0.481 e. The highest BCUT2D eigenvalue weighted by molar-refractivity contribution is 7.09. The summed E-state index contributed by atoms with van der Waals surface area (Å²) in [5.41, 5.74) is 2.75. The number of hydrogen-bond acceptors (Lipinski definition) is 8. The molecule has 29 heavy (non-hydrogen) atoms. The molecule has 1 saturated heterocycles. The zero-order valence-corrected chi connectivity index (χ0v) is 17.1. The van der Waals surface area contributed by atoms with Crippen LogP contribution in [0.3, 0.4) is 0 Å². The van der Waals surface area contributed by atoms with E-state index in [9.17, 15) is 0 Å². The van der Waals surface area contributed by atoms with Crippen molar-refractivity contribution in [1.82, 2.24) is 19.2 Å². The highest BCUT2D eigenvalue weighted by Gasteiger charge is 2.20. The second-order valence-electron chi connectivity index (χ2n) is 6.88. The van der Waals surface area contributed by atoms with Gasteiger partial charge >= 0.3 is 0 Å². The third kappa shape index (κ3) is 4.70. The van der Waals surface area contributed by atoms with Gasteiger partial charge in [0.2, 0.25) is 11.0 Å². The van der Waals surface area contributed by atoms with Crippen molar-refractivity contribution in [1.29, 1.82) is 5.26 Å². The molecule has 0 N–H and O–H groups in total. The molecule has 7 nitrogen and oxygen atoms in total. The maximum Gasteiger partial charge on any atom is 0.213 e. The molecular weight excluding hydrogens is 384 g/mol. The van der Waals surface area contributed by atoms with Crippen LogP contribution in [0, 0.1) is 11.3 Å². The van der Waals surface area contributed by atoms with Crippen LogP contribution in [0.4, 0.5) is 5.13 Å². The van der Waals surface area contributed by atoms with Crippen LogP contribution < -0.4 is 9.64 Å². The van der Waals surface area contributed by atoms with Gasteiger partial charge in [-0.15, -0.1) is 0 Å². The Bertz CT molecular complexity index is 1010. The number of anilines is 1. The second-order valence-corrected chi connectivity index (χ2v) is 7.61. The van der Waals surface area contributed by atoms with Gasteiger partial charge in [-0.2, -0.15) is 14.6 Å². The van der Waals surface area contributed by atoms with Gasteiger partial charge in [-0.1, -0.05) is 12.1 Å². The van der Waals surface area contributed by atoms with Crippen LogP contribution in [-0.2, 0) is 6.42 Å². The quantitative estimate of drug-likeness (QED) is 0.623. The molecule has 1 fully saturated rings. The number of piperazine rings is 1. The van der Waals surface area contributed by atoms with Crippen molar-refractivity contribution in [2.24, 2.45) is 0 Å². The molecule has 0 saturated carbocycles. The minimum atomic E-state index is 0.624. The number of nitrogens with zero attached hydrogens (tertiary/aromatic N) is 6. The molecule has 8 heteroatoms. The first-order valence-corrected chi connectivity index (χ1v) is 10.3. The third-order valence-electron chi connectivity index (χ3n) is 5.03. The number of methoxy groups -OCH3 is 1. The first-order valence-electron chi connectivity index (χ1n) is 9.55. The van der Waals surface area contributed by atoms with Crippen molar-refractivity contribution in [3.8, 4) is 23.3 Å². The lowest BCUT2D eigenvalue weighted by molar-refractivity contribution is 0.261. The van der Waals surface area contributed by atoms with E-state index in [4.69, 9.17) is 15.0 Å². The fourth-order valence-corrected chi connectivity index (χ4v) is 4.10. The first-order chi connectivity index (χ1) is 14.2. The summed E-state index contributed by atoms with van der Waals surface area (Å²) in [6, 6.07) is 13.6. The average Bonchev–Trinajstić information content (AvgIpc) is 3.28. The molecule has 0 bridgehead atoms. The lowest BCUT2D eigenvalue weighted by Crippen LogP contribution is -2.47. The Balaban J connectivity index is 1.32. The average molecular weight is 407 g/mol. The van der Waals surface area contributed by atoms with Gasteiger partial charge in [-0.25, -0.2) is 4.98 Å². The molecule has 1 aliphatic rings. The Labute approximate surface area is 174 Å². The maximum atomic E-state index is 9.08. The molecule has 0 atom stereocenters.